The van der Waals surface area contributed by atoms with Gasteiger partial charge in [0, 0.05) is 49.7 Å². The number of benzene rings is 1. The number of ether oxygens (including phenoxy) is 2. The molecule has 27 heavy (non-hydrogen) atoms. The lowest BCUT2D eigenvalue weighted by Crippen LogP contribution is -2.49. The number of Topliss-reactive ketones (excluding diaryl/α,β-unsaturated/α-hetero) is 1. The molecule has 1 fully saturated rings. The van der Waals surface area contributed by atoms with Gasteiger partial charge in [-0.05, 0) is 30.3 Å². The highest BCUT2D eigenvalue weighted by molar-refractivity contribution is 5.98. The number of carbonyl (C=O) groups excluding carboxylic acids is 2. The smallest absolute Gasteiger partial charge is 0.254 e. The standard InChI is InChI=1S/C20H23N3O4/c1-26-18-4-3-16(13-19(18)27-2)17(24)14-22-9-11-23(12-10-22)20(25)15-5-7-21-8-6-15/h3-8,13H,9-12,14H2,1-2H3. The Kier molecular flexibility index (Phi) is 6.03. The van der Waals surface area contributed by atoms with Crippen LogP contribution in [-0.2, 0) is 0 Å². The Morgan fingerprint density at radius 3 is 2.22 bits per heavy atom. The Hall–Kier alpha value is -2.93. The average molecular weight is 369 g/mol. The zero-order valence-corrected chi connectivity index (χ0v) is 15.6. The van der Waals surface area contributed by atoms with E-state index in [4.69, 9.17) is 9.47 Å². The Labute approximate surface area is 158 Å². The number of aromatic nitrogens is 1. The molecule has 0 N–H and O–H groups in total. The van der Waals surface area contributed by atoms with E-state index in [-0.39, 0.29) is 11.7 Å². The summed E-state index contributed by atoms with van der Waals surface area (Å²) in [5, 5.41) is 0. The molecule has 0 saturated carbocycles. The first-order chi connectivity index (χ1) is 13.1. The van der Waals surface area contributed by atoms with Crippen molar-refractivity contribution < 1.29 is 19.1 Å². The van der Waals surface area contributed by atoms with Crippen LogP contribution >= 0.6 is 0 Å². The van der Waals surface area contributed by atoms with Crippen molar-refractivity contribution in [3.05, 3.63) is 53.9 Å². The molecule has 3 rings (SSSR count). The summed E-state index contributed by atoms with van der Waals surface area (Å²) in [7, 11) is 3.11. The maximum atomic E-state index is 12.6. The fourth-order valence-corrected chi connectivity index (χ4v) is 3.09. The number of carbonyl (C=O) groups is 2. The van der Waals surface area contributed by atoms with Gasteiger partial charge in [0.2, 0.25) is 0 Å². The zero-order chi connectivity index (χ0) is 19.2. The van der Waals surface area contributed by atoms with E-state index >= 15 is 0 Å². The van der Waals surface area contributed by atoms with Crippen molar-refractivity contribution in [1.82, 2.24) is 14.8 Å². The fourth-order valence-electron chi connectivity index (χ4n) is 3.09. The molecule has 1 amide bonds. The van der Waals surface area contributed by atoms with Crippen LogP contribution in [0.1, 0.15) is 20.7 Å². The summed E-state index contributed by atoms with van der Waals surface area (Å²) in [5.74, 6) is 1.15. The van der Waals surface area contributed by atoms with Crippen molar-refractivity contribution >= 4 is 11.7 Å². The highest BCUT2D eigenvalue weighted by atomic mass is 16.5. The van der Waals surface area contributed by atoms with Crippen LogP contribution in [0.15, 0.2) is 42.7 Å². The molecule has 0 radical (unpaired) electrons. The van der Waals surface area contributed by atoms with Crippen LogP contribution in [0, 0.1) is 0 Å². The molecule has 1 aliphatic heterocycles. The molecule has 7 heteroatoms. The van der Waals surface area contributed by atoms with Gasteiger partial charge in [-0.3, -0.25) is 19.5 Å². The van der Waals surface area contributed by atoms with Gasteiger partial charge in [0.1, 0.15) is 0 Å². The number of methoxy groups -OCH3 is 2. The first-order valence-electron chi connectivity index (χ1n) is 8.79. The SMILES string of the molecule is COc1ccc(C(=O)CN2CCN(C(=O)c3ccncc3)CC2)cc1OC. The Balaban J connectivity index is 1.56. The van der Waals surface area contributed by atoms with E-state index in [2.05, 4.69) is 9.88 Å². The quantitative estimate of drug-likeness (QED) is 0.723. The van der Waals surface area contributed by atoms with Crippen LogP contribution in [-0.4, -0.2) is 73.4 Å². The summed E-state index contributed by atoms with van der Waals surface area (Å²) >= 11 is 0. The largest absolute Gasteiger partial charge is 0.493 e. The second-order valence-electron chi connectivity index (χ2n) is 6.30. The molecule has 0 unspecified atom stereocenters. The number of hydrogen-bond acceptors (Lipinski definition) is 6. The van der Waals surface area contributed by atoms with Crippen LogP contribution < -0.4 is 9.47 Å². The monoisotopic (exact) mass is 369 g/mol. The maximum Gasteiger partial charge on any atom is 0.254 e. The second-order valence-corrected chi connectivity index (χ2v) is 6.30. The Bertz CT molecular complexity index is 802. The van der Waals surface area contributed by atoms with Gasteiger partial charge in [-0.2, -0.15) is 0 Å². The third kappa shape index (κ3) is 4.43. The normalized spacial score (nSPS) is 14.7. The highest BCUT2D eigenvalue weighted by Crippen LogP contribution is 2.27. The molecule has 0 atom stereocenters. The lowest BCUT2D eigenvalue weighted by Gasteiger charge is -2.34. The Morgan fingerprint density at radius 2 is 1.59 bits per heavy atom. The van der Waals surface area contributed by atoms with E-state index in [1.165, 1.54) is 0 Å². The molecule has 0 aliphatic carbocycles. The van der Waals surface area contributed by atoms with Crippen molar-refractivity contribution in [3.8, 4) is 11.5 Å². The molecule has 7 nitrogen and oxygen atoms in total. The van der Waals surface area contributed by atoms with Crippen LogP contribution in [0.4, 0.5) is 0 Å². The number of hydrogen-bond donors (Lipinski definition) is 0. The molecule has 142 valence electrons. The first-order valence-corrected chi connectivity index (χ1v) is 8.79. The molecule has 1 aromatic carbocycles. The summed E-state index contributed by atoms with van der Waals surface area (Å²) < 4.78 is 10.5. The van der Waals surface area contributed by atoms with Gasteiger partial charge in [-0.25, -0.2) is 0 Å². The molecule has 2 heterocycles. The molecule has 0 bridgehead atoms. The van der Waals surface area contributed by atoms with Crippen molar-refractivity contribution in [1.29, 1.82) is 0 Å². The summed E-state index contributed by atoms with van der Waals surface area (Å²) in [4.78, 5) is 32.9. The number of amides is 1. The van der Waals surface area contributed by atoms with Crippen LogP contribution in [0.3, 0.4) is 0 Å². The summed E-state index contributed by atoms with van der Waals surface area (Å²) in [6.07, 6.45) is 3.23. The molecule has 0 spiro atoms. The Morgan fingerprint density at radius 1 is 0.926 bits per heavy atom. The predicted molar refractivity (Wildman–Crippen MR) is 100 cm³/mol. The van der Waals surface area contributed by atoms with Gasteiger partial charge in [-0.1, -0.05) is 0 Å². The number of rotatable bonds is 6. The van der Waals surface area contributed by atoms with E-state index in [1.807, 2.05) is 4.90 Å². The predicted octanol–water partition coefficient (Wildman–Crippen LogP) is 1.74. The maximum absolute atomic E-state index is 12.6. The van der Waals surface area contributed by atoms with E-state index in [0.29, 0.717) is 55.3 Å². The van der Waals surface area contributed by atoms with E-state index < -0.39 is 0 Å². The first kappa shape index (κ1) is 18.8. The van der Waals surface area contributed by atoms with Gasteiger partial charge in [0.15, 0.2) is 17.3 Å². The van der Waals surface area contributed by atoms with E-state index in [9.17, 15) is 9.59 Å². The lowest BCUT2D eigenvalue weighted by atomic mass is 10.1. The van der Waals surface area contributed by atoms with Crippen molar-refractivity contribution in [2.24, 2.45) is 0 Å². The van der Waals surface area contributed by atoms with Gasteiger partial charge in [0.05, 0.1) is 20.8 Å². The van der Waals surface area contributed by atoms with Crippen LogP contribution in [0.2, 0.25) is 0 Å². The number of nitrogens with zero attached hydrogens (tertiary/aromatic N) is 3. The minimum absolute atomic E-state index is 0.00303. The highest BCUT2D eigenvalue weighted by Gasteiger charge is 2.23. The van der Waals surface area contributed by atoms with E-state index in [1.54, 1.807) is 56.9 Å². The number of piperazine rings is 1. The molecule has 2 aromatic rings. The summed E-state index contributed by atoms with van der Waals surface area (Å²) in [6, 6.07) is 8.61. The molecule has 1 saturated heterocycles. The van der Waals surface area contributed by atoms with Crippen molar-refractivity contribution in [3.63, 3.8) is 0 Å². The number of ketones is 1. The topological polar surface area (TPSA) is 72.0 Å². The van der Waals surface area contributed by atoms with Gasteiger partial charge in [-0.15, -0.1) is 0 Å². The molecular formula is C20H23N3O4. The summed E-state index contributed by atoms with van der Waals surface area (Å²) in [5.41, 5.74) is 1.22. The molecular weight excluding hydrogens is 346 g/mol. The van der Waals surface area contributed by atoms with Gasteiger partial charge >= 0.3 is 0 Å². The average Bonchev–Trinajstić information content (AvgIpc) is 2.73. The van der Waals surface area contributed by atoms with Gasteiger partial charge < -0.3 is 14.4 Å². The van der Waals surface area contributed by atoms with Crippen molar-refractivity contribution in [2.45, 2.75) is 0 Å². The van der Waals surface area contributed by atoms with Crippen LogP contribution in [0.25, 0.3) is 0 Å². The minimum Gasteiger partial charge on any atom is -0.493 e. The van der Waals surface area contributed by atoms with Crippen LogP contribution in [0.5, 0.6) is 11.5 Å². The second kappa shape index (κ2) is 8.64. The van der Waals surface area contributed by atoms with Crippen molar-refractivity contribution in [2.75, 3.05) is 46.9 Å². The number of pyridine rings is 1. The minimum atomic E-state index is 0.00303. The van der Waals surface area contributed by atoms with Gasteiger partial charge in [0.25, 0.3) is 5.91 Å². The third-order valence-corrected chi connectivity index (χ3v) is 4.66. The fraction of sp³-hybridized carbons (Fsp3) is 0.350. The summed E-state index contributed by atoms with van der Waals surface area (Å²) in [6.45, 7) is 2.83. The molecule has 1 aromatic heterocycles. The van der Waals surface area contributed by atoms with E-state index in [0.717, 1.165) is 0 Å². The molecule has 1 aliphatic rings. The lowest BCUT2D eigenvalue weighted by molar-refractivity contribution is 0.0624. The third-order valence-electron chi connectivity index (χ3n) is 4.66. The zero-order valence-electron chi connectivity index (χ0n) is 15.6.